The molecule has 0 unspecified atom stereocenters. The maximum absolute atomic E-state index is 10.4. The third-order valence-corrected chi connectivity index (χ3v) is 1.98. The minimum absolute atomic E-state index is 0. The molecule has 0 N–H and O–H groups in total. The summed E-state index contributed by atoms with van der Waals surface area (Å²) in [6.07, 6.45) is 1.75. The fraction of sp³-hybridized carbons (Fsp3) is 0.100. The van der Waals surface area contributed by atoms with Gasteiger partial charge in [-0.15, -0.1) is 0 Å². The first-order valence-electron chi connectivity index (χ1n) is 4.01. The minimum atomic E-state index is -1.07. The van der Waals surface area contributed by atoms with Crippen LogP contribution in [-0.2, 0) is 11.3 Å². The second kappa shape index (κ2) is 4.64. The number of rotatable bonds is 2. The average molecular weight is 197 g/mol. The number of carboxylic acids is 1. The van der Waals surface area contributed by atoms with Gasteiger partial charge in [0.25, 0.3) is 0 Å². The van der Waals surface area contributed by atoms with Gasteiger partial charge in [0, 0.05) is 11.7 Å². The van der Waals surface area contributed by atoms with E-state index >= 15 is 0 Å². The molecule has 2 aromatic rings. The summed E-state index contributed by atoms with van der Waals surface area (Å²) in [6, 6.07) is 9.53. The second-order valence-corrected chi connectivity index (χ2v) is 2.87. The Kier molecular flexibility index (Phi) is 3.75. The zero-order valence-corrected chi connectivity index (χ0v) is 9.93. The number of nitrogens with zero attached hydrogens (tertiary/aromatic N) is 1. The SMILES string of the molecule is O=C([O-])Cn1ccc2ccccc21.[Na+]. The average Bonchev–Trinajstić information content (AvgIpc) is 2.48. The van der Waals surface area contributed by atoms with Crippen molar-refractivity contribution < 1.29 is 39.5 Å². The Labute approximate surface area is 104 Å². The molecule has 0 saturated carbocycles. The molecule has 14 heavy (non-hydrogen) atoms. The molecule has 0 bridgehead atoms. The van der Waals surface area contributed by atoms with E-state index in [0.717, 1.165) is 10.9 Å². The third kappa shape index (κ3) is 2.18. The van der Waals surface area contributed by atoms with E-state index in [4.69, 9.17) is 0 Å². The molecule has 66 valence electrons. The summed E-state index contributed by atoms with van der Waals surface area (Å²) in [4.78, 5) is 10.4. The quantitative estimate of drug-likeness (QED) is 0.495. The van der Waals surface area contributed by atoms with Crippen molar-refractivity contribution in [1.29, 1.82) is 0 Å². The van der Waals surface area contributed by atoms with Crippen LogP contribution in [0.3, 0.4) is 0 Å². The van der Waals surface area contributed by atoms with Crippen molar-refractivity contribution >= 4 is 16.9 Å². The van der Waals surface area contributed by atoms with Crippen molar-refractivity contribution in [2.45, 2.75) is 6.54 Å². The number of carboxylic acid groups (broad SMARTS) is 1. The van der Waals surface area contributed by atoms with E-state index in [-0.39, 0.29) is 36.1 Å². The Morgan fingerprint density at radius 3 is 2.71 bits per heavy atom. The van der Waals surface area contributed by atoms with Gasteiger partial charge in [-0.1, -0.05) is 18.2 Å². The van der Waals surface area contributed by atoms with E-state index in [1.54, 1.807) is 10.8 Å². The Morgan fingerprint density at radius 2 is 2.00 bits per heavy atom. The van der Waals surface area contributed by atoms with Crippen LogP contribution < -0.4 is 34.7 Å². The first-order chi connectivity index (χ1) is 6.27. The van der Waals surface area contributed by atoms with E-state index in [9.17, 15) is 9.90 Å². The van der Waals surface area contributed by atoms with Crippen LogP contribution in [0.4, 0.5) is 0 Å². The summed E-state index contributed by atoms with van der Waals surface area (Å²) in [7, 11) is 0. The number of carbonyl (C=O) groups is 1. The van der Waals surface area contributed by atoms with Gasteiger partial charge in [0.2, 0.25) is 0 Å². The van der Waals surface area contributed by atoms with Gasteiger partial charge >= 0.3 is 29.6 Å². The van der Waals surface area contributed by atoms with Crippen LogP contribution in [0.1, 0.15) is 0 Å². The zero-order valence-electron chi connectivity index (χ0n) is 7.93. The van der Waals surface area contributed by atoms with Gasteiger partial charge in [-0.25, -0.2) is 0 Å². The van der Waals surface area contributed by atoms with Gasteiger partial charge in [0.05, 0.1) is 12.5 Å². The summed E-state index contributed by atoms with van der Waals surface area (Å²) in [5.41, 5.74) is 0.923. The Morgan fingerprint density at radius 1 is 1.29 bits per heavy atom. The van der Waals surface area contributed by atoms with Crippen LogP contribution in [0, 0.1) is 0 Å². The van der Waals surface area contributed by atoms with Crippen LogP contribution in [0.5, 0.6) is 0 Å². The van der Waals surface area contributed by atoms with Gasteiger partial charge in [-0.3, -0.25) is 0 Å². The number of para-hydroxylation sites is 1. The van der Waals surface area contributed by atoms with Crippen molar-refractivity contribution in [2.24, 2.45) is 0 Å². The summed E-state index contributed by atoms with van der Waals surface area (Å²) in [6.45, 7) is -0.0898. The molecule has 1 heterocycles. The molecule has 1 aromatic carbocycles. The minimum Gasteiger partial charge on any atom is -0.548 e. The number of benzene rings is 1. The Balaban J connectivity index is 0.000000980. The van der Waals surface area contributed by atoms with Gasteiger partial charge < -0.3 is 14.5 Å². The van der Waals surface area contributed by atoms with Crippen LogP contribution in [-0.4, -0.2) is 10.5 Å². The predicted octanol–water partition coefficient (Wildman–Crippen LogP) is -2.60. The third-order valence-electron chi connectivity index (χ3n) is 1.98. The van der Waals surface area contributed by atoms with Crippen molar-refractivity contribution in [1.82, 2.24) is 4.57 Å². The first-order valence-corrected chi connectivity index (χ1v) is 4.01. The molecule has 0 spiro atoms. The zero-order chi connectivity index (χ0) is 9.26. The maximum atomic E-state index is 10.4. The Bertz CT molecular complexity index is 450. The number of aromatic nitrogens is 1. The number of carbonyl (C=O) groups excluding carboxylic acids is 1. The number of hydrogen-bond donors (Lipinski definition) is 0. The van der Waals surface area contributed by atoms with Crippen LogP contribution in [0.25, 0.3) is 10.9 Å². The van der Waals surface area contributed by atoms with Crippen LogP contribution in [0.2, 0.25) is 0 Å². The molecule has 1 aromatic heterocycles. The summed E-state index contributed by atoms with van der Waals surface area (Å²) in [5, 5.41) is 11.4. The van der Waals surface area contributed by atoms with Gasteiger partial charge in [-0.2, -0.15) is 0 Å². The van der Waals surface area contributed by atoms with E-state index in [1.807, 2.05) is 30.3 Å². The van der Waals surface area contributed by atoms with E-state index in [0.29, 0.717) is 0 Å². The summed E-state index contributed by atoms with van der Waals surface area (Å²) in [5.74, 6) is -1.07. The van der Waals surface area contributed by atoms with Crippen molar-refractivity contribution in [3.05, 3.63) is 36.5 Å². The van der Waals surface area contributed by atoms with Crippen molar-refractivity contribution in [2.75, 3.05) is 0 Å². The Hall–Kier alpha value is -0.770. The molecule has 0 amide bonds. The van der Waals surface area contributed by atoms with Gasteiger partial charge in [-0.05, 0) is 17.5 Å². The molecule has 0 saturated heterocycles. The van der Waals surface area contributed by atoms with E-state index in [2.05, 4.69) is 0 Å². The van der Waals surface area contributed by atoms with E-state index in [1.165, 1.54) is 0 Å². The molecule has 2 rings (SSSR count). The molecule has 0 aliphatic carbocycles. The largest absolute Gasteiger partial charge is 1.00 e. The van der Waals surface area contributed by atoms with Gasteiger partial charge in [0.1, 0.15) is 0 Å². The van der Waals surface area contributed by atoms with Crippen LogP contribution in [0.15, 0.2) is 36.5 Å². The number of aliphatic carboxylic acids is 1. The predicted molar refractivity (Wildman–Crippen MR) is 46.9 cm³/mol. The maximum Gasteiger partial charge on any atom is 1.00 e. The summed E-state index contributed by atoms with van der Waals surface area (Å²) < 4.78 is 1.66. The monoisotopic (exact) mass is 197 g/mol. The van der Waals surface area contributed by atoms with Gasteiger partial charge in [0.15, 0.2) is 0 Å². The molecule has 0 radical (unpaired) electrons. The fourth-order valence-corrected chi connectivity index (χ4v) is 1.42. The smallest absolute Gasteiger partial charge is 0.548 e. The molecule has 0 aliphatic rings. The molecular weight excluding hydrogens is 189 g/mol. The molecule has 3 nitrogen and oxygen atoms in total. The van der Waals surface area contributed by atoms with Crippen LogP contribution >= 0.6 is 0 Å². The molecule has 0 atom stereocenters. The van der Waals surface area contributed by atoms with E-state index < -0.39 is 5.97 Å². The number of fused-ring (bicyclic) bond motifs is 1. The molecule has 4 heteroatoms. The normalized spacial score (nSPS) is 9.71. The fourth-order valence-electron chi connectivity index (χ4n) is 1.42. The molecule has 0 aliphatic heterocycles. The molecular formula is C10H8NNaO2. The molecule has 0 fully saturated rings. The van der Waals surface area contributed by atoms with Crippen molar-refractivity contribution in [3.63, 3.8) is 0 Å². The number of hydrogen-bond acceptors (Lipinski definition) is 2. The second-order valence-electron chi connectivity index (χ2n) is 2.87. The first kappa shape index (κ1) is 11.3. The topological polar surface area (TPSA) is 45.1 Å². The standard InChI is InChI=1S/C10H9NO2.Na/c12-10(13)7-11-6-5-8-3-1-2-4-9(8)11;/h1-6H,7H2,(H,12,13);/q;+1/p-1. The van der Waals surface area contributed by atoms with Crippen molar-refractivity contribution in [3.8, 4) is 0 Å². The summed E-state index contributed by atoms with van der Waals surface area (Å²) >= 11 is 0.